The van der Waals surface area contributed by atoms with Crippen LogP contribution < -0.4 is 0 Å². The number of halogens is 1. The lowest BCUT2D eigenvalue weighted by atomic mass is 10.0. The molecule has 3 aromatic rings. The predicted octanol–water partition coefficient (Wildman–Crippen LogP) is 4.92. The van der Waals surface area contributed by atoms with Gasteiger partial charge >= 0.3 is 0 Å². The highest BCUT2D eigenvalue weighted by molar-refractivity contribution is 9.10. The van der Waals surface area contributed by atoms with Gasteiger partial charge in [0, 0.05) is 15.7 Å². The van der Waals surface area contributed by atoms with Crippen molar-refractivity contribution in [2.45, 2.75) is 13.8 Å². The van der Waals surface area contributed by atoms with Crippen LogP contribution in [-0.4, -0.2) is 9.78 Å². The SMILES string of the molecule is Cc1nn(-c2cccc(Br)c2)c(C)c1-c1ccccc1. The van der Waals surface area contributed by atoms with Crippen molar-refractivity contribution in [1.82, 2.24) is 9.78 Å². The summed E-state index contributed by atoms with van der Waals surface area (Å²) in [5.41, 5.74) is 5.71. The van der Waals surface area contributed by atoms with Crippen molar-refractivity contribution in [1.29, 1.82) is 0 Å². The topological polar surface area (TPSA) is 17.8 Å². The minimum atomic E-state index is 1.05. The minimum Gasteiger partial charge on any atom is -0.237 e. The van der Waals surface area contributed by atoms with E-state index in [2.05, 4.69) is 66.2 Å². The normalized spacial score (nSPS) is 10.8. The molecule has 3 rings (SSSR count). The molecule has 0 unspecified atom stereocenters. The molecule has 0 atom stereocenters. The zero-order valence-corrected chi connectivity index (χ0v) is 13.1. The van der Waals surface area contributed by atoms with E-state index >= 15 is 0 Å². The molecule has 20 heavy (non-hydrogen) atoms. The third-order valence-electron chi connectivity index (χ3n) is 3.41. The van der Waals surface area contributed by atoms with Crippen molar-refractivity contribution in [3.05, 3.63) is 70.5 Å². The molecule has 0 aliphatic rings. The van der Waals surface area contributed by atoms with Gasteiger partial charge in [0.1, 0.15) is 0 Å². The second kappa shape index (κ2) is 5.25. The van der Waals surface area contributed by atoms with Crippen molar-refractivity contribution in [3.63, 3.8) is 0 Å². The molecule has 1 heterocycles. The van der Waals surface area contributed by atoms with Gasteiger partial charge in [-0.2, -0.15) is 5.10 Å². The maximum absolute atomic E-state index is 4.69. The summed E-state index contributed by atoms with van der Waals surface area (Å²) in [6.45, 7) is 4.17. The first kappa shape index (κ1) is 13.1. The Balaban J connectivity index is 2.17. The van der Waals surface area contributed by atoms with E-state index in [1.807, 2.05) is 22.9 Å². The largest absolute Gasteiger partial charge is 0.237 e. The van der Waals surface area contributed by atoms with Gasteiger partial charge in [-0.3, -0.25) is 0 Å². The Labute approximate surface area is 127 Å². The number of hydrogen-bond donors (Lipinski definition) is 0. The molecule has 1 aromatic heterocycles. The fourth-order valence-corrected chi connectivity index (χ4v) is 2.91. The first-order valence-electron chi connectivity index (χ1n) is 6.54. The number of nitrogens with zero attached hydrogens (tertiary/aromatic N) is 2. The molecule has 100 valence electrons. The summed E-state index contributed by atoms with van der Waals surface area (Å²) in [5.74, 6) is 0. The molecular formula is C17H15BrN2. The Morgan fingerprint density at radius 1 is 0.950 bits per heavy atom. The summed E-state index contributed by atoms with van der Waals surface area (Å²) in [6.07, 6.45) is 0. The highest BCUT2D eigenvalue weighted by Crippen LogP contribution is 2.28. The van der Waals surface area contributed by atoms with E-state index in [9.17, 15) is 0 Å². The highest BCUT2D eigenvalue weighted by Gasteiger charge is 2.14. The molecule has 0 amide bonds. The van der Waals surface area contributed by atoms with Crippen LogP contribution in [0.4, 0.5) is 0 Å². The zero-order valence-electron chi connectivity index (χ0n) is 11.5. The van der Waals surface area contributed by atoms with Gasteiger partial charge in [0.15, 0.2) is 0 Å². The molecule has 2 nitrogen and oxygen atoms in total. The number of hydrogen-bond acceptors (Lipinski definition) is 1. The van der Waals surface area contributed by atoms with Gasteiger partial charge in [0.25, 0.3) is 0 Å². The van der Waals surface area contributed by atoms with Crippen molar-refractivity contribution in [2.75, 3.05) is 0 Å². The van der Waals surface area contributed by atoms with Crippen LogP contribution >= 0.6 is 15.9 Å². The summed E-state index contributed by atoms with van der Waals surface area (Å²) < 4.78 is 3.06. The van der Waals surface area contributed by atoms with Crippen molar-refractivity contribution in [3.8, 4) is 16.8 Å². The molecular weight excluding hydrogens is 312 g/mol. The molecule has 0 N–H and O–H groups in total. The van der Waals surface area contributed by atoms with Crippen LogP contribution in [0.25, 0.3) is 16.8 Å². The molecule has 0 radical (unpaired) electrons. The Kier molecular flexibility index (Phi) is 3.45. The van der Waals surface area contributed by atoms with Crippen LogP contribution in [0, 0.1) is 13.8 Å². The van der Waals surface area contributed by atoms with Gasteiger partial charge in [-0.05, 0) is 37.6 Å². The standard InChI is InChI=1S/C17H15BrN2/c1-12-17(14-7-4-3-5-8-14)13(2)20(19-12)16-10-6-9-15(18)11-16/h3-11H,1-2H3. The average Bonchev–Trinajstić information content (AvgIpc) is 2.75. The van der Waals surface area contributed by atoms with Crippen LogP contribution in [-0.2, 0) is 0 Å². The van der Waals surface area contributed by atoms with Gasteiger partial charge in [0.05, 0.1) is 11.4 Å². The summed E-state index contributed by atoms with van der Waals surface area (Å²) in [4.78, 5) is 0. The van der Waals surface area contributed by atoms with Gasteiger partial charge < -0.3 is 0 Å². The summed E-state index contributed by atoms with van der Waals surface area (Å²) >= 11 is 3.51. The Hall–Kier alpha value is -1.87. The van der Waals surface area contributed by atoms with Crippen molar-refractivity contribution in [2.24, 2.45) is 0 Å². The van der Waals surface area contributed by atoms with Crippen LogP contribution in [0.1, 0.15) is 11.4 Å². The third kappa shape index (κ3) is 2.29. The highest BCUT2D eigenvalue weighted by atomic mass is 79.9. The van der Waals surface area contributed by atoms with Crippen LogP contribution in [0.15, 0.2) is 59.1 Å². The Morgan fingerprint density at radius 2 is 1.70 bits per heavy atom. The van der Waals surface area contributed by atoms with E-state index in [0.717, 1.165) is 21.5 Å². The van der Waals surface area contributed by atoms with Crippen LogP contribution in [0.5, 0.6) is 0 Å². The second-order valence-electron chi connectivity index (χ2n) is 4.80. The Bertz CT molecular complexity index is 745. The third-order valence-corrected chi connectivity index (χ3v) is 3.90. The molecule has 0 saturated carbocycles. The number of benzene rings is 2. The number of rotatable bonds is 2. The maximum Gasteiger partial charge on any atom is 0.0679 e. The van der Waals surface area contributed by atoms with Gasteiger partial charge in [0.2, 0.25) is 0 Å². The summed E-state index contributed by atoms with van der Waals surface area (Å²) in [5, 5.41) is 4.69. The fraction of sp³-hybridized carbons (Fsp3) is 0.118. The number of aryl methyl sites for hydroxylation is 1. The second-order valence-corrected chi connectivity index (χ2v) is 5.72. The quantitative estimate of drug-likeness (QED) is 0.653. The lowest BCUT2D eigenvalue weighted by molar-refractivity contribution is 0.833. The zero-order chi connectivity index (χ0) is 14.1. The molecule has 0 spiro atoms. The molecule has 0 fully saturated rings. The molecule has 3 heteroatoms. The monoisotopic (exact) mass is 326 g/mol. The lowest BCUT2D eigenvalue weighted by Crippen LogP contribution is -1.98. The van der Waals surface area contributed by atoms with Crippen molar-refractivity contribution < 1.29 is 0 Å². The van der Waals surface area contributed by atoms with E-state index in [4.69, 9.17) is 5.10 Å². The van der Waals surface area contributed by atoms with Crippen molar-refractivity contribution >= 4 is 15.9 Å². The molecule has 0 aliphatic carbocycles. The number of aromatic nitrogens is 2. The molecule has 2 aromatic carbocycles. The van der Waals surface area contributed by atoms with Gasteiger partial charge in [-0.15, -0.1) is 0 Å². The predicted molar refractivity (Wildman–Crippen MR) is 86.2 cm³/mol. The van der Waals surface area contributed by atoms with E-state index in [1.165, 1.54) is 11.1 Å². The van der Waals surface area contributed by atoms with Crippen LogP contribution in [0.3, 0.4) is 0 Å². The first-order valence-corrected chi connectivity index (χ1v) is 7.33. The minimum absolute atomic E-state index is 1.05. The van der Waals surface area contributed by atoms with E-state index in [0.29, 0.717) is 0 Å². The van der Waals surface area contributed by atoms with E-state index in [-0.39, 0.29) is 0 Å². The van der Waals surface area contributed by atoms with Gasteiger partial charge in [-0.25, -0.2) is 4.68 Å². The van der Waals surface area contributed by atoms with E-state index < -0.39 is 0 Å². The smallest absolute Gasteiger partial charge is 0.0679 e. The molecule has 0 saturated heterocycles. The van der Waals surface area contributed by atoms with Crippen LogP contribution in [0.2, 0.25) is 0 Å². The summed E-state index contributed by atoms with van der Waals surface area (Å²) in [6, 6.07) is 18.6. The lowest BCUT2D eigenvalue weighted by Gasteiger charge is -2.06. The maximum atomic E-state index is 4.69. The first-order chi connectivity index (χ1) is 9.66. The average molecular weight is 327 g/mol. The summed E-state index contributed by atoms with van der Waals surface area (Å²) in [7, 11) is 0. The molecule has 0 aliphatic heterocycles. The van der Waals surface area contributed by atoms with E-state index in [1.54, 1.807) is 0 Å². The van der Waals surface area contributed by atoms with Gasteiger partial charge in [-0.1, -0.05) is 52.3 Å². The fourth-order valence-electron chi connectivity index (χ4n) is 2.52. The Morgan fingerprint density at radius 3 is 2.40 bits per heavy atom. The molecule has 0 bridgehead atoms.